The second-order valence-electron chi connectivity index (χ2n) is 7.29. The van der Waals surface area contributed by atoms with Gasteiger partial charge in [0.2, 0.25) is 11.8 Å². The minimum atomic E-state index is -0.645. The molecule has 2 amide bonds. The van der Waals surface area contributed by atoms with E-state index < -0.39 is 6.04 Å². The van der Waals surface area contributed by atoms with Crippen LogP contribution in [0.25, 0.3) is 0 Å². The summed E-state index contributed by atoms with van der Waals surface area (Å²) in [5.41, 5.74) is 1.57. The summed E-state index contributed by atoms with van der Waals surface area (Å²) in [5.74, 6) is -0.626. The minimum Gasteiger partial charge on any atom is -0.350 e. The molecule has 1 aliphatic heterocycles. The van der Waals surface area contributed by atoms with Crippen molar-refractivity contribution < 1.29 is 14.0 Å². The number of halogens is 1. The number of para-hydroxylation sites is 1. The van der Waals surface area contributed by atoms with Gasteiger partial charge in [0, 0.05) is 22.6 Å². The molecule has 0 aliphatic carbocycles. The lowest BCUT2D eigenvalue weighted by atomic mass is 10.1. The number of rotatable bonds is 4. The first-order chi connectivity index (χ1) is 12.8. The molecule has 0 spiro atoms. The van der Waals surface area contributed by atoms with E-state index in [9.17, 15) is 14.0 Å². The van der Waals surface area contributed by atoms with Crippen LogP contribution in [0.5, 0.6) is 0 Å². The number of fused-ring (bicyclic) bond motifs is 1. The normalized spacial score (nSPS) is 17.0. The fourth-order valence-corrected chi connectivity index (χ4v) is 4.35. The van der Waals surface area contributed by atoms with E-state index >= 15 is 0 Å². The van der Waals surface area contributed by atoms with E-state index in [1.54, 1.807) is 35.7 Å². The van der Waals surface area contributed by atoms with Gasteiger partial charge in [0.05, 0.1) is 5.69 Å². The number of benzene rings is 2. The van der Waals surface area contributed by atoms with Gasteiger partial charge in [-0.05, 0) is 50.6 Å². The molecule has 0 saturated carbocycles. The van der Waals surface area contributed by atoms with Crippen LogP contribution in [0.2, 0.25) is 0 Å². The third kappa shape index (κ3) is 4.50. The molecule has 1 N–H and O–H groups in total. The molecule has 6 heteroatoms. The summed E-state index contributed by atoms with van der Waals surface area (Å²) < 4.78 is 12.8. The molecule has 1 atom stereocenters. The zero-order chi connectivity index (χ0) is 19.6. The van der Waals surface area contributed by atoms with Crippen molar-refractivity contribution in [2.75, 3.05) is 4.90 Å². The van der Waals surface area contributed by atoms with Crippen LogP contribution >= 0.6 is 11.8 Å². The van der Waals surface area contributed by atoms with Gasteiger partial charge in [-0.1, -0.05) is 24.3 Å². The number of nitrogens with one attached hydrogen (secondary N) is 1. The molecule has 142 valence electrons. The molecular weight excluding hydrogens is 363 g/mol. The number of hydrogen-bond acceptors (Lipinski definition) is 3. The van der Waals surface area contributed by atoms with Crippen molar-refractivity contribution in [3.05, 3.63) is 59.9 Å². The van der Waals surface area contributed by atoms with Gasteiger partial charge in [0.1, 0.15) is 11.9 Å². The lowest BCUT2D eigenvalue weighted by Gasteiger charge is -2.28. The zero-order valence-electron chi connectivity index (χ0n) is 15.7. The van der Waals surface area contributed by atoms with E-state index in [-0.39, 0.29) is 28.9 Å². The van der Waals surface area contributed by atoms with Gasteiger partial charge in [-0.15, -0.1) is 11.8 Å². The highest BCUT2D eigenvalue weighted by molar-refractivity contribution is 8.00. The Morgan fingerprint density at radius 1 is 1.22 bits per heavy atom. The van der Waals surface area contributed by atoms with Gasteiger partial charge in [-0.2, -0.15) is 0 Å². The molecule has 2 aromatic carbocycles. The van der Waals surface area contributed by atoms with E-state index in [1.807, 2.05) is 38.1 Å². The van der Waals surface area contributed by atoms with Gasteiger partial charge in [0.25, 0.3) is 0 Å². The van der Waals surface area contributed by atoms with Gasteiger partial charge >= 0.3 is 0 Å². The number of carbonyl (C=O) groups excluding carboxylic acids is 2. The predicted molar refractivity (Wildman–Crippen MR) is 106 cm³/mol. The zero-order valence-corrected chi connectivity index (χ0v) is 16.5. The molecule has 2 aromatic rings. The van der Waals surface area contributed by atoms with E-state index in [0.29, 0.717) is 6.42 Å². The maximum Gasteiger partial charge on any atom is 0.243 e. The molecule has 0 bridgehead atoms. The van der Waals surface area contributed by atoms with Crippen molar-refractivity contribution in [2.45, 2.75) is 49.4 Å². The molecule has 0 fully saturated rings. The van der Waals surface area contributed by atoms with Crippen molar-refractivity contribution in [1.29, 1.82) is 0 Å². The Morgan fingerprint density at radius 2 is 1.89 bits per heavy atom. The summed E-state index contributed by atoms with van der Waals surface area (Å²) >= 11 is 1.65. The summed E-state index contributed by atoms with van der Waals surface area (Å²) in [6.07, 6.45) is 0.349. The third-order valence-electron chi connectivity index (χ3n) is 4.50. The number of carbonyl (C=O) groups is 2. The maximum atomic E-state index is 13.0. The van der Waals surface area contributed by atoms with Crippen LogP contribution < -0.4 is 10.2 Å². The summed E-state index contributed by atoms with van der Waals surface area (Å²) in [4.78, 5) is 28.3. The Hall–Kier alpha value is -2.34. The molecule has 27 heavy (non-hydrogen) atoms. The van der Waals surface area contributed by atoms with E-state index in [0.717, 1.165) is 16.1 Å². The molecule has 0 saturated heterocycles. The molecular formula is C21H23FN2O2S. The van der Waals surface area contributed by atoms with Crippen LogP contribution in [0.15, 0.2) is 53.4 Å². The number of anilines is 1. The summed E-state index contributed by atoms with van der Waals surface area (Å²) in [6, 6.07) is 13.0. The Balaban J connectivity index is 1.79. The van der Waals surface area contributed by atoms with Crippen LogP contribution in [0.1, 0.15) is 32.8 Å². The van der Waals surface area contributed by atoms with Crippen molar-refractivity contribution >= 4 is 29.3 Å². The topological polar surface area (TPSA) is 49.4 Å². The average molecular weight is 386 g/mol. The van der Waals surface area contributed by atoms with Crippen LogP contribution in [-0.2, 0) is 16.1 Å². The molecule has 0 radical (unpaired) electrons. The number of hydrogen-bond donors (Lipinski definition) is 1. The summed E-state index contributed by atoms with van der Waals surface area (Å²) in [5, 5.41) is 2.85. The largest absolute Gasteiger partial charge is 0.350 e. The second-order valence-corrected chi connectivity index (χ2v) is 9.04. The van der Waals surface area contributed by atoms with E-state index in [2.05, 4.69) is 5.32 Å². The minimum absolute atomic E-state index is 0.0677. The molecule has 1 aliphatic rings. The first-order valence-electron chi connectivity index (χ1n) is 8.89. The van der Waals surface area contributed by atoms with Crippen LogP contribution in [-0.4, -0.2) is 22.6 Å². The van der Waals surface area contributed by atoms with Gasteiger partial charge in [-0.25, -0.2) is 4.39 Å². The van der Waals surface area contributed by atoms with Crippen LogP contribution in [0.3, 0.4) is 0 Å². The smallest absolute Gasteiger partial charge is 0.243 e. The SMILES string of the molecule is C[C@H](C(=O)NCc1ccc(F)cc1)N1C(=O)CC(C)(C)Sc2ccccc21. The van der Waals surface area contributed by atoms with Crippen molar-refractivity contribution in [1.82, 2.24) is 5.32 Å². The Kier molecular flexibility index (Phi) is 5.56. The lowest BCUT2D eigenvalue weighted by molar-refractivity contribution is -0.126. The van der Waals surface area contributed by atoms with Crippen molar-refractivity contribution in [3.63, 3.8) is 0 Å². The fraction of sp³-hybridized carbons (Fsp3) is 0.333. The lowest BCUT2D eigenvalue weighted by Crippen LogP contribution is -2.48. The molecule has 0 aromatic heterocycles. The quantitative estimate of drug-likeness (QED) is 0.859. The first kappa shape index (κ1) is 19.4. The van der Waals surface area contributed by atoms with Crippen molar-refractivity contribution in [2.24, 2.45) is 0 Å². The Bertz CT molecular complexity index is 852. The monoisotopic (exact) mass is 386 g/mol. The first-order valence-corrected chi connectivity index (χ1v) is 9.71. The average Bonchev–Trinajstić information content (AvgIpc) is 2.71. The summed E-state index contributed by atoms with van der Waals surface area (Å²) in [7, 11) is 0. The van der Waals surface area contributed by atoms with Gasteiger partial charge in [-0.3, -0.25) is 14.5 Å². The number of thioether (sulfide) groups is 1. The van der Waals surface area contributed by atoms with Gasteiger partial charge < -0.3 is 5.32 Å². The number of amides is 2. The molecule has 0 unspecified atom stereocenters. The second kappa shape index (κ2) is 7.72. The predicted octanol–water partition coefficient (Wildman–Crippen LogP) is 4.14. The molecule has 3 rings (SSSR count). The highest BCUT2D eigenvalue weighted by Gasteiger charge is 2.37. The molecule has 4 nitrogen and oxygen atoms in total. The van der Waals surface area contributed by atoms with E-state index in [4.69, 9.17) is 0 Å². The van der Waals surface area contributed by atoms with Crippen molar-refractivity contribution in [3.8, 4) is 0 Å². The molecule has 1 heterocycles. The summed E-state index contributed by atoms with van der Waals surface area (Å²) in [6.45, 7) is 6.09. The number of nitrogens with zero attached hydrogens (tertiary/aromatic N) is 1. The standard InChI is InChI=1S/C21H23FN2O2S/c1-14(20(26)23-13-15-8-10-16(22)11-9-15)24-17-6-4-5-7-18(17)27-21(2,3)12-19(24)25/h4-11,14H,12-13H2,1-3H3,(H,23,26)/t14-/m1/s1. The highest BCUT2D eigenvalue weighted by atomic mass is 32.2. The van der Waals surface area contributed by atoms with E-state index in [1.165, 1.54) is 12.1 Å². The van der Waals surface area contributed by atoms with Crippen LogP contribution in [0, 0.1) is 5.82 Å². The van der Waals surface area contributed by atoms with Gasteiger partial charge in [0.15, 0.2) is 0 Å². The Labute approximate surface area is 163 Å². The van der Waals surface area contributed by atoms with Crippen LogP contribution in [0.4, 0.5) is 10.1 Å². The fourth-order valence-electron chi connectivity index (χ4n) is 3.14. The third-order valence-corrected chi connectivity index (χ3v) is 5.77. The highest BCUT2D eigenvalue weighted by Crippen LogP contribution is 2.44. The Morgan fingerprint density at radius 3 is 2.59 bits per heavy atom. The maximum absolute atomic E-state index is 13.0.